The first kappa shape index (κ1) is 13.4. The van der Waals surface area contributed by atoms with Crippen molar-refractivity contribution < 1.29 is 0 Å². The van der Waals surface area contributed by atoms with Crippen molar-refractivity contribution in [2.24, 2.45) is 13.0 Å². The van der Waals surface area contributed by atoms with Crippen LogP contribution in [0.4, 0.5) is 5.82 Å². The topological polar surface area (TPSA) is 43.8 Å². The Labute approximate surface area is 111 Å². The smallest absolute Gasteiger partial charge is 0.126 e. The molecule has 0 aromatic carbocycles. The molecule has 0 unspecified atom stereocenters. The normalized spacial score (nSPS) is 25.4. The molecule has 1 aliphatic rings. The summed E-state index contributed by atoms with van der Waals surface area (Å²) >= 11 is 0. The predicted molar refractivity (Wildman–Crippen MR) is 76.7 cm³/mol. The highest BCUT2D eigenvalue weighted by Crippen LogP contribution is 2.38. The fourth-order valence-corrected chi connectivity index (χ4v) is 3.04. The molecule has 18 heavy (non-hydrogen) atoms. The fraction of sp³-hybridized carbons (Fsp3) is 0.800. The van der Waals surface area contributed by atoms with E-state index >= 15 is 0 Å². The maximum atomic E-state index is 6.27. The Hall–Kier alpha value is -0.990. The zero-order chi connectivity index (χ0) is 13.5. The number of imidazole rings is 1. The van der Waals surface area contributed by atoms with Crippen molar-refractivity contribution in [3.05, 3.63) is 11.5 Å². The van der Waals surface area contributed by atoms with Gasteiger partial charge in [-0.05, 0) is 18.8 Å². The van der Waals surface area contributed by atoms with E-state index in [2.05, 4.69) is 32.3 Å². The second kappa shape index (κ2) is 4.60. The molecular formula is C15H27N3. The van der Waals surface area contributed by atoms with Crippen LogP contribution in [-0.2, 0) is 12.5 Å². The van der Waals surface area contributed by atoms with Gasteiger partial charge in [-0.25, -0.2) is 4.98 Å². The molecule has 1 saturated carbocycles. The number of hydrogen-bond acceptors (Lipinski definition) is 2. The van der Waals surface area contributed by atoms with Crippen LogP contribution in [0.5, 0.6) is 0 Å². The highest BCUT2D eigenvalue weighted by molar-refractivity contribution is 5.41. The Morgan fingerprint density at radius 2 is 1.72 bits per heavy atom. The van der Waals surface area contributed by atoms with Gasteiger partial charge in [0.05, 0.1) is 5.69 Å². The number of nitrogens with two attached hydrogens (primary N) is 1. The average Bonchev–Trinajstić information content (AvgIpc) is 2.57. The molecular weight excluding hydrogens is 222 g/mol. The molecule has 1 fully saturated rings. The third-order valence-corrected chi connectivity index (χ3v) is 4.24. The molecule has 1 heterocycles. The number of aromatic nitrogens is 2. The summed E-state index contributed by atoms with van der Waals surface area (Å²) in [4.78, 5) is 4.87. The van der Waals surface area contributed by atoms with E-state index in [0.717, 1.165) is 23.3 Å². The molecule has 0 radical (unpaired) electrons. The van der Waals surface area contributed by atoms with Gasteiger partial charge < -0.3 is 10.3 Å². The molecule has 2 N–H and O–H groups in total. The summed E-state index contributed by atoms with van der Waals surface area (Å²) in [5, 5.41) is 0. The van der Waals surface area contributed by atoms with Crippen molar-refractivity contribution in [3.8, 4) is 0 Å². The summed E-state index contributed by atoms with van der Waals surface area (Å²) in [5.74, 6) is 3.42. The van der Waals surface area contributed by atoms with Crippen LogP contribution in [0.2, 0.25) is 0 Å². The highest BCUT2D eigenvalue weighted by atomic mass is 15.1. The van der Waals surface area contributed by atoms with Crippen molar-refractivity contribution in [2.75, 3.05) is 5.73 Å². The summed E-state index contributed by atoms with van der Waals surface area (Å²) < 4.78 is 2.08. The second-order valence-electron chi connectivity index (χ2n) is 6.97. The molecule has 3 heteroatoms. The zero-order valence-electron chi connectivity index (χ0n) is 12.5. The highest BCUT2D eigenvalue weighted by Gasteiger charge is 2.28. The van der Waals surface area contributed by atoms with Gasteiger partial charge in [-0.1, -0.05) is 40.5 Å². The molecule has 1 aromatic rings. The van der Waals surface area contributed by atoms with Gasteiger partial charge in [-0.3, -0.25) is 0 Å². The van der Waals surface area contributed by atoms with Crippen molar-refractivity contribution >= 4 is 5.82 Å². The van der Waals surface area contributed by atoms with E-state index < -0.39 is 0 Å². The minimum atomic E-state index is 0.0586. The van der Waals surface area contributed by atoms with Crippen LogP contribution in [0.1, 0.15) is 70.8 Å². The quantitative estimate of drug-likeness (QED) is 0.826. The second-order valence-corrected chi connectivity index (χ2v) is 6.97. The Bertz CT molecular complexity index is 418. The van der Waals surface area contributed by atoms with Crippen LogP contribution in [0.25, 0.3) is 0 Å². The SMILES string of the molecule is CC1CCC(c2nc(C(C)(C)C)n(C)c2N)CC1. The van der Waals surface area contributed by atoms with E-state index in [0.29, 0.717) is 5.92 Å². The minimum Gasteiger partial charge on any atom is -0.384 e. The van der Waals surface area contributed by atoms with Gasteiger partial charge >= 0.3 is 0 Å². The van der Waals surface area contributed by atoms with E-state index in [9.17, 15) is 0 Å². The summed E-state index contributed by atoms with van der Waals surface area (Å²) in [7, 11) is 2.04. The molecule has 0 spiro atoms. The van der Waals surface area contributed by atoms with Crippen LogP contribution in [0.15, 0.2) is 0 Å². The summed E-state index contributed by atoms with van der Waals surface area (Å²) in [6, 6.07) is 0. The van der Waals surface area contributed by atoms with Gasteiger partial charge in [0.15, 0.2) is 0 Å². The molecule has 0 saturated heterocycles. The average molecular weight is 249 g/mol. The Morgan fingerprint density at radius 1 is 1.17 bits per heavy atom. The molecule has 0 aliphatic heterocycles. The fourth-order valence-electron chi connectivity index (χ4n) is 3.04. The van der Waals surface area contributed by atoms with Crippen molar-refractivity contribution in [3.63, 3.8) is 0 Å². The first-order chi connectivity index (χ1) is 8.30. The van der Waals surface area contributed by atoms with E-state index in [1.807, 2.05) is 7.05 Å². The van der Waals surface area contributed by atoms with Gasteiger partial charge in [0.2, 0.25) is 0 Å². The third kappa shape index (κ3) is 2.40. The lowest BCUT2D eigenvalue weighted by Crippen LogP contribution is -2.18. The van der Waals surface area contributed by atoms with Crippen molar-refractivity contribution in [2.45, 2.75) is 64.7 Å². The van der Waals surface area contributed by atoms with Crippen LogP contribution in [-0.4, -0.2) is 9.55 Å². The number of hydrogen-bond donors (Lipinski definition) is 1. The number of nitrogen functional groups attached to an aromatic ring is 1. The van der Waals surface area contributed by atoms with Crippen molar-refractivity contribution in [1.29, 1.82) is 0 Å². The van der Waals surface area contributed by atoms with Gasteiger partial charge in [0.1, 0.15) is 11.6 Å². The summed E-state index contributed by atoms with van der Waals surface area (Å²) in [6.07, 6.45) is 5.11. The maximum Gasteiger partial charge on any atom is 0.126 e. The van der Waals surface area contributed by atoms with Crippen molar-refractivity contribution in [1.82, 2.24) is 9.55 Å². The van der Waals surface area contributed by atoms with Gasteiger partial charge in [0, 0.05) is 18.4 Å². The number of nitrogens with zero attached hydrogens (tertiary/aromatic N) is 2. The van der Waals surface area contributed by atoms with E-state index in [-0.39, 0.29) is 5.41 Å². The maximum absolute atomic E-state index is 6.27. The lowest BCUT2D eigenvalue weighted by atomic mass is 9.81. The molecule has 0 bridgehead atoms. The summed E-state index contributed by atoms with van der Waals surface area (Å²) in [5.41, 5.74) is 7.47. The van der Waals surface area contributed by atoms with E-state index in [1.54, 1.807) is 0 Å². The molecule has 0 amide bonds. The Morgan fingerprint density at radius 3 is 2.17 bits per heavy atom. The van der Waals surface area contributed by atoms with Gasteiger partial charge in [0.25, 0.3) is 0 Å². The standard InChI is InChI=1S/C15H27N3/c1-10-6-8-11(9-7-10)12-13(16)18(5)14(17-12)15(2,3)4/h10-11H,6-9,16H2,1-5H3. The van der Waals surface area contributed by atoms with Gasteiger partial charge in [-0.15, -0.1) is 0 Å². The van der Waals surface area contributed by atoms with Gasteiger partial charge in [-0.2, -0.15) is 0 Å². The van der Waals surface area contributed by atoms with Crippen LogP contribution in [0, 0.1) is 5.92 Å². The lowest BCUT2D eigenvalue weighted by Gasteiger charge is -2.25. The first-order valence-electron chi connectivity index (χ1n) is 7.13. The van der Waals surface area contributed by atoms with E-state index in [4.69, 9.17) is 10.7 Å². The lowest BCUT2D eigenvalue weighted by molar-refractivity contribution is 0.344. The molecule has 3 nitrogen and oxygen atoms in total. The predicted octanol–water partition coefficient (Wildman–Crippen LogP) is 3.59. The first-order valence-corrected chi connectivity index (χ1v) is 7.13. The molecule has 1 aromatic heterocycles. The molecule has 2 rings (SSSR count). The van der Waals surface area contributed by atoms with Crippen LogP contribution < -0.4 is 5.73 Å². The minimum absolute atomic E-state index is 0.0586. The largest absolute Gasteiger partial charge is 0.384 e. The monoisotopic (exact) mass is 249 g/mol. The Balaban J connectivity index is 2.29. The van der Waals surface area contributed by atoms with Crippen LogP contribution >= 0.6 is 0 Å². The van der Waals surface area contributed by atoms with Crippen LogP contribution in [0.3, 0.4) is 0 Å². The third-order valence-electron chi connectivity index (χ3n) is 4.24. The molecule has 0 atom stereocenters. The van der Waals surface area contributed by atoms with E-state index in [1.165, 1.54) is 25.7 Å². The number of anilines is 1. The summed E-state index contributed by atoms with van der Waals surface area (Å²) in [6.45, 7) is 8.93. The molecule has 1 aliphatic carbocycles. The Kier molecular flexibility index (Phi) is 3.43. The number of rotatable bonds is 1. The molecule has 102 valence electrons. The zero-order valence-corrected chi connectivity index (χ0v) is 12.5.